The zero-order valence-electron chi connectivity index (χ0n) is 13.2. The van der Waals surface area contributed by atoms with E-state index in [1.54, 1.807) is 25.1 Å². The molecular formula is C17H14FN3O3S. The fourth-order valence-electron chi connectivity index (χ4n) is 2.31. The van der Waals surface area contributed by atoms with E-state index >= 15 is 0 Å². The summed E-state index contributed by atoms with van der Waals surface area (Å²) in [7, 11) is -3.89. The lowest BCUT2D eigenvalue weighted by Gasteiger charge is -2.10. The van der Waals surface area contributed by atoms with Crippen LogP contribution < -0.4 is 10.3 Å². The molecule has 1 heterocycles. The topological polar surface area (TPSA) is 88.2 Å². The van der Waals surface area contributed by atoms with Crippen LogP contribution in [0.1, 0.15) is 16.1 Å². The normalized spacial score (nSPS) is 11.4. The summed E-state index contributed by atoms with van der Waals surface area (Å²) in [5.74, 6) is -1.13. The summed E-state index contributed by atoms with van der Waals surface area (Å²) in [6, 6.07) is 13.1. The van der Waals surface area contributed by atoms with E-state index in [-0.39, 0.29) is 10.5 Å². The van der Waals surface area contributed by atoms with E-state index in [0.29, 0.717) is 16.6 Å². The lowest BCUT2D eigenvalue weighted by molar-refractivity contribution is 0.0944. The van der Waals surface area contributed by atoms with Gasteiger partial charge in [-0.05, 0) is 43.3 Å². The standard InChI is InChI=1S/C17H14FN3O3S/c1-11-15(10-12-9-13(18)7-8-16(12)19-11)17(22)20-21-25(23,24)14-5-3-2-4-6-14/h2-10,21H,1H3,(H,20,22). The fraction of sp³-hybridized carbons (Fsp3) is 0.0588. The molecule has 2 aromatic carbocycles. The van der Waals surface area contributed by atoms with E-state index in [2.05, 4.69) is 10.4 Å². The molecule has 0 bridgehead atoms. The molecule has 0 spiro atoms. The van der Waals surface area contributed by atoms with Crippen molar-refractivity contribution in [3.05, 3.63) is 71.7 Å². The van der Waals surface area contributed by atoms with Crippen molar-refractivity contribution in [3.8, 4) is 0 Å². The third-order valence-corrected chi connectivity index (χ3v) is 4.83. The van der Waals surface area contributed by atoms with Gasteiger partial charge < -0.3 is 0 Å². The maximum absolute atomic E-state index is 13.3. The average Bonchev–Trinajstić information content (AvgIpc) is 2.60. The molecule has 0 radical (unpaired) electrons. The molecule has 0 aliphatic carbocycles. The number of amides is 1. The first kappa shape index (κ1) is 17.0. The molecule has 0 aliphatic rings. The lowest BCUT2D eigenvalue weighted by atomic mass is 10.1. The summed E-state index contributed by atoms with van der Waals surface area (Å²) in [6.07, 6.45) is 0. The Labute approximate surface area is 143 Å². The molecular weight excluding hydrogens is 345 g/mol. The van der Waals surface area contributed by atoms with Crippen LogP contribution in [0.15, 0.2) is 59.5 Å². The van der Waals surface area contributed by atoms with Crippen LogP contribution in [0.3, 0.4) is 0 Å². The van der Waals surface area contributed by atoms with E-state index in [0.717, 1.165) is 0 Å². The first-order valence-corrected chi connectivity index (χ1v) is 8.79. The third kappa shape index (κ3) is 3.65. The quantitative estimate of drug-likeness (QED) is 0.700. The molecule has 128 valence electrons. The van der Waals surface area contributed by atoms with Crippen LogP contribution in [-0.2, 0) is 10.0 Å². The second-order valence-electron chi connectivity index (χ2n) is 5.33. The molecule has 0 fully saturated rings. The van der Waals surface area contributed by atoms with Crippen LogP contribution in [0, 0.1) is 12.7 Å². The SMILES string of the molecule is Cc1nc2ccc(F)cc2cc1C(=O)NNS(=O)(=O)c1ccccc1. The number of fused-ring (bicyclic) bond motifs is 1. The van der Waals surface area contributed by atoms with Gasteiger partial charge in [0.2, 0.25) is 0 Å². The minimum atomic E-state index is -3.89. The van der Waals surface area contributed by atoms with Crippen molar-refractivity contribution in [3.63, 3.8) is 0 Å². The van der Waals surface area contributed by atoms with Gasteiger partial charge in [0.05, 0.1) is 21.7 Å². The van der Waals surface area contributed by atoms with E-state index in [4.69, 9.17) is 0 Å². The van der Waals surface area contributed by atoms with Gasteiger partial charge in [-0.1, -0.05) is 18.2 Å². The van der Waals surface area contributed by atoms with Gasteiger partial charge in [0.25, 0.3) is 15.9 Å². The molecule has 1 aromatic heterocycles. The Morgan fingerprint density at radius 1 is 1.08 bits per heavy atom. The number of hydrazine groups is 1. The van der Waals surface area contributed by atoms with E-state index in [9.17, 15) is 17.6 Å². The number of benzene rings is 2. The number of pyridine rings is 1. The number of aromatic nitrogens is 1. The van der Waals surface area contributed by atoms with Gasteiger partial charge in [-0.2, -0.15) is 0 Å². The van der Waals surface area contributed by atoms with Gasteiger partial charge in [-0.3, -0.25) is 15.2 Å². The number of hydrogen-bond donors (Lipinski definition) is 2. The maximum Gasteiger partial charge on any atom is 0.268 e. The highest BCUT2D eigenvalue weighted by atomic mass is 32.2. The number of nitrogens with one attached hydrogen (secondary N) is 2. The van der Waals surface area contributed by atoms with Crippen LogP contribution in [0.25, 0.3) is 10.9 Å². The summed E-state index contributed by atoms with van der Waals surface area (Å²) in [5.41, 5.74) is 3.23. The van der Waals surface area contributed by atoms with Crippen molar-refractivity contribution in [1.82, 2.24) is 15.2 Å². The number of hydrogen-bond acceptors (Lipinski definition) is 4. The number of sulfonamides is 1. The molecule has 0 saturated carbocycles. The summed E-state index contributed by atoms with van der Waals surface area (Å²) >= 11 is 0. The number of carbonyl (C=O) groups excluding carboxylic acids is 1. The Balaban J connectivity index is 1.84. The number of nitrogens with zero attached hydrogens (tertiary/aromatic N) is 1. The Morgan fingerprint density at radius 2 is 1.80 bits per heavy atom. The van der Waals surface area contributed by atoms with E-state index < -0.39 is 21.7 Å². The van der Waals surface area contributed by atoms with Crippen LogP contribution in [-0.4, -0.2) is 19.3 Å². The van der Waals surface area contributed by atoms with Gasteiger partial charge in [0.1, 0.15) is 5.82 Å². The highest BCUT2D eigenvalue weighted by molar-refractivity contribution is 7.89. The highest BCUT2D eigenvalue weighted by Gasteiger charge is 2.17. The summed E-state index contributed by atoms with van der Waals surface area (Å²) in [6.45, 7) is 1.61. The first-order chi connectivity index (χ1) is 11.9. The molecule has 0 aliphatic heterocycles. The molecule has 0 atom stereocenters. The molecule has 0 unspecified atom stereocenters. The Bertz CT molecular complexity index is 1050. The van der Waals surface area contributed by atoms with Crippen LogP contribution in [0.2, 0.25) is 0 Å². The molecule has 8 heteroatoms. The summed E-state index contributed by atoms with van der Waals surface area (Å²) in [4.78, 5) is 18.6. The largest absolute Gasteiger partial charge is 0.273 e. The predicted molar refractivity (Wildman–Crippen MR) is 90.7 cm³/mol. The smallest absolute Gasteiger partial charge is 0.268 e. The zero-order valence-corrected chi connectivity index (χ0v) is 14.0. The second kappa shape index (κ2) is 6.58. The fourth-order valence-corrected chi connectivity index (χ4v) is 3.17. The Kier molecular flexibility index (Phi) is 4.47. The monoisotopic (exact) mass is 359 g/mol. The van der Waals surface area contributed by atoms with Crippen LogP contribution in [0.4, 0.5) is 4.39 Å². The number of halogens is 1. The van der Waals surface area contributed by atoms with Crippen LogP contribution >= 0.6 is 0 Å². The molecule has 0 saturated heterocycles. The van der Waals surface area contributed by atoms with Crippen molar-refractivity contribution in [2.75, 3.05) is 0 Å². The minimum absolute atomic E-state index is 0.0192. The minimum Gasteiger partial charge on any atom is -0.273 e. The Hall–Kier alpha value is -2.84. The molecule has 1 amide bonds. The molecule has 3 aromatic rings. The van der Waals surface area contributed by atoms with Gasteiger partial charge in [0.15, 0.2) is 0 Å². The summed E-state index contributed by atoms with van der Waals surface area (Å²) < 4.78 is 37.6. The maximum atomic E-state index is 13.3. The van der Waals surface area contributed by atoms with Crippen molar-refractivity contribution in [1.29, 1.82) is 0 Å². The van der Waals surface area contributed by atoms with E-state index in [1.165, 1.54) is 36.4 Å². The second-order valence-corrected chi connectivity index (χ2v) is 7.01. The molecule has 3 rings (SSSR count). The average molecular weight is 359 g/mol. The number of rotatable bonds is 4. The van der Waals surface area contributed by atoms with Crippen molar-refractivity contribution in [2.24, 2.45) is 0 Å². The van der Waals surface area contributed by atoms with Crippen LogP contribution in [0.5, 0.6) is 0 Å². The number of carbonyl (C=O) groups is 1. The first-order valence-electron chi connectivity index (χ1n) is 7.31. The molecule has 25 heavy (non-hydrogen) atoms. The van der Waals surface area contributed by atoms with E-state index in [1.807, 2.05) is 4.83 Å². The van der Waals surface area contributed by atoms with Crippen molar-refractivity contribution >= 4 is 26.8 Å². The molecule has 6 nitrogen and oxygen atoms in total. The molecule has 2 N–H and O–H groups in total. The third-order valence-electron chi connectivity index (χ3n) is 3.56. The van der Waals surface area contributed by atoms with Gasteiger partial charge >= 0.3 is 0 Å². The van der Waals surface area contributed by atoms with Gasteiger partial charge in [-0.15, -0.1) is 4.83 Å². The summed E-state index contributed by atoms with van der Waals surface area (Å²) in [5, 5.41) is 0.446. The predicted octanol–water partition coefficient (Wildman–Crippen LogP) is 2.31. The highest BCUT2D eigenvalue weighted by Crippen LogP contribution is 2.18. The Morgan fingerprint density at radius 3 is 2.52 bits per heavy atom. The van der Waals surface area contributed by atoms with Crippen molar-refractivity contribution in [2.45, 2.75) is 11.8 Å². The van der Waals surface area contributed by atoms with Gasteiger partial charge in [-0.25, -0.2) is 12.8 Å². The zero-order chi connectivity index (χ0) is 18.0. The van der Waals surface area contributed by atoms with Crippen molar-refractivity contribution < 1.29 is 17.6 Å². The number of aryl methyl sites for hydroxylation is 1. The lowest BCUT2D eigenvalue weighted by Crippen LogP contribution is -2.41. The van der Waals surface area contributed by atoms with Gasteiger partial charge in [0, 0.05) is 5.39 Å².